The van der Waals surface area contributed by atoms with Crippen molar-refractivity contribution in [1.29, 1.82) is 0 Å². The van der Waals surface area contributed by atoms with Crippen LogP contribution in [0.1, 0.15) is 0 Å². The summed E-state index contributed by atoms with van der Waals surface area (Å²) in [5.41, 5.74) is 4.62. The molecule has 0 unspecified atom stereocenters. The fourth-order valence-corrected chi connectivity index (χ4v) is 0.845. The second kappa shape index (κ2) is 3.57. The van der Waals surface area contributed by atoms with Crippen LogP contribution in [0.3, 0.4) is 0 Å². The van der Waals surface area contributed by atoms with Gasteiger partial charge in [0.1, 0.15) is 5.82 Å². The molecule has 3 nitrogen and oxygen atoms in total. The Morgan fingerprint density at radius 3 is 2.54 bits per heavy atom. The van der Waals surface area contributed by atoms with Crippen LogP contribution in [0.25, 0.3) is 0 Å². The Morgan fingerprint density at radius 2 is 2.00 bits per heavy atom. The SMILES string of the molecule is NC(=O)Oc1cc(Cl)c(F)cc1F. The van der Waals surface area contributed by atoms with Gasteiger partial charge in [-0.1, -0.05) is 11.6 Å². The molecule has 1 aromatic carbocycles. The number of nitrogens with two attached hydrogens (primary N) is 1. The van der Waals surface area contributed by atoms with Gasteiger partial charge in [0.05, 0.1) is 5.02 Å². The van der Waals surface area contributed by atoms with Gasteiger partial charge in [-0.15, -0.1) is 0 Å². The average molecular weight is 208 g/mol. The quantitative estimate of drug-likeness (QED) is 0.717. The van der Waals surface area contributed by atoms with Gasteiger partial charge in [-0.25, -0.2) is 13.6 Å². The highest BCUT2D eigenvalue weighted by atomic mass is 35.5. The van der Waals surface area contributed by atoms with E-state index in [9.17, 15) is 13.6 Å². The van der Waals surface area contributed by atoms with Crippen molar-refractivity contribution in [2.45, 2.75) is 0 Å². The first-order valence-corrected chi connectivity index (χ1v) is 3.50. The summed E-state index contributed by atoms with van der Waals surface area (Å²) < 4.78 is 29.5. The number of carbonyl (C=O) groups excluding carboxylic acids is 1. The summed E-state index contributed by atoms with van der Waals surface area (Å²) in [5, 5.41) is -0.349. The lowest BCUT2D eigenvalue weighted by Gasteiger charge is -2.02. The maximum atomic E-state index is 12.8. The van der Waals surface area contributed by atoms with Crippen LogP contribution in [0.2, 0.25) is 5.02 Å². The fraction of sp³-hybridized carbons (Fsp3) is 0. The lowest BCUT2D eigenvalue weighted by molar-refractivity contribution is 0.208. The van der Waals surface area contributed by atoms with E-state index in [2.05, 4.69) is 10.5 Å². The van der Waals surface area contributed by atoms with Crippen LogP contribution in [0.15, 0.2) is 12.1 Å². The highest BCUT2D eigenvalue weighted by molar-refractivity contribution is 6.30. The molecule has 0 fully saturated rings. The van der Waals surface area contributed by atoms with Gasteiger partial charge in [-0.05, 0) is 0 Å². The zero-order valence-corrected chi connectivity index (χ0v) is 6.94. The third-order valence-corrected chi connectivity index (χ3v) is 1.48. The van der Waals surface area contributed by atoms with E-state index in [0.29, 0.717) is 6.07 Å². The van der Waals surface area contributed by atoms with Crippen molar-refractivity contribution in [2.24, 2.45) is 5.73 Å². The Kier molecular flexibility index (Phi) is 2.67. The van der Waals surface area contributed by atoms with Gasteiger partial charge in [-0.3, -0.25) is 0 Å². The molecule has 0 saturated heterocycles. The number of carbonyl (C=O) groups is 1. The highest BCUT2D eigenvalue weighted by Crippen LogP contribution is 2.24. The Labute approximate surface area is 77.0 Å². The molecule has 0 aliphatic heterocycles. The summed E-state index contributed by atoms with van der Waals surface area (Å²) in [5.74, 6) is -2.48. The van der Waals surface area contributed by atoms with E-state index in [1.807, 2.05) is 0 Å². The minimum Gasteiger partial charge on any atom is -0.407 e. The summed E-state index contributed by atoms with van der Waals surface area (Å²) in [6.07, 6.45) is -1.19. The molecule has 0 radical (unpaired) electrons. The van der Waals surface area contributed by atoms with Gasteiger partial charge < -0.3 is 10.5 Å². The van der Waals surface area contributed by atoms with Crippen molar-refractivity contribution in [3.05, 3.63) is 28.8 Å². The number of benzene rings is 1. The lowest BCUT2D eigenvalue weighted by Crippen LogP contribution is -2.17. The van der Waals surface area contributed by atoms with Crippen LogP contribution >= 0.6 is 11.6 Å². The van der Waals surface area contributed by atoms with Crippen molar-refractivity contribution in [2.75, 3.05) is 0 Å². The van der Waals surface area contributed by atoms with Gasteiger partial charge >= 0.3 is 6.09 Å². The Bertz CT molecular complexity index is 357. The summed E-state index contributed by atoms with van der Waals surface area (Å²) in [7, 11) is 0. The zero-order valence-electron chi connectivity index (χ0n) is 6.18. The molecule has 0 spiro atoms. The number of halogens is 3. The minimum absolute atomic E-state index is 0.349. The van der Waals surface area contributed by atoms with Crippen LogP contribution < -0.4 is 10.5 Å². The average Bonchev–Trinajstić information content (AvgIpc) is 1.99. The second-order valence-corrected chi connectivity index (χ2v) is 2.53. The van der Waals surface area contributed by atoms with Crippen molar-refractivity contribution in [3.63, 3.8) is 0 Å². The van der Waals surface area contributed by atoms with Crippen molar-refractivity contribution < 1.29 is 18.3 Å². The molecule has 0 aromatic heterocycles. The van der Waals surface area contributed by atoms with E-state index in [0.717, 1.165) is 6.07 Å². The minimum atomic E-state index is -1.19. The monoisotopic (exact) mass is 207 g/mol. The first-order valence-electron chi connectivity index (χ1n) is 3.12. The van der Waals surface area contributed by atoms with Crippen LogP contribution in [-0.2, 0) is 0 Å². The molecule has 0 aliphatic rings. The summed E-state index contributed by atoms with van der Waals surface area (Å²) in [6.45, 7) is 0. The standard InChI is InChI=1S/C7H4ClF2NO2/c8-3-1-6(13-7(11)12)5(10)2-4(3)9/h1-2H,(H2,11,12). The molecule has 1 rings (SSSR count). The first kappa shape index (κ1) is 9.73. The molecular weight excluding hydrogens is 204 g/mol. The van der Waals surface area contributed by atoms with Crippen LogP contribution in [-0.4, -0.2) is 6.09 Å². The molecule has 0 bridgehead atoms. The van der Waals surface area contributed by atoms with Crippen molar-refractivity contribution in [3.8, 4) is 5.75 Å². The molecule has 0 heterocycles. The number of amides is 1. The smallest absolute Gasteiger partial charge is 0.407 e. The fourth-order valence-electron chi connectivity index (χ4n) is 0.691. The van der Waals surface area contributed by atoms with E-state index >= 15 is 0 Å². The van der Waals surface area contributed by atoms with Gasteiger partial charge in [0.15, 0.2) is 11.6 Å². The van der Waals surface area contributed by atoms with Crippen molar-refractivity contribution >= 4 is 17.7 Å². The molecule has 13 heavy (non-hydrogen) atoms. The van der Waals surface area contributed by atoms with Crippen LogP contribution in [0.5, 0.6) is 5.75 Å². The molecule has 0 aliphatic carbocycles. The number of primary amides is 1. The highest BCUT2D eigenvalue weighted by Gasteiger charge is 2.11. The lowest BCUT2D eigenvalue weighted by atomic mass is 10.3. The first-order chi connectivity index (χ1) is 6.00. The van der Waals surface area contributed by atoms with Crippen LogP contribution in [0.4, 0.5) is 13.6 Å². The predicted molar refractivity (Wildman–Crippen MR) is 41.6 cm³/mol. The number of rotatable bonds is 1. The topological polar surface area (TPSA) is 52.3 Å². The molecule has 6 heteroatoms. The van der Waals surface area contributed by atoms with Crippen molar-refractivity contribution in [1.82, 2.24) is 0 Å². The van der Waals surface area contributed by atoms with E-state index in [4.69, 9.17) is 11.6 Å². The van der Waals surface area contributed by atoms with Gasteiger partial charge in [0, 0.05) is 12.1 Å². The summed E-state index contributed by atoms with van der Waals surface area (Å²) in [4.78, 5) is 10.2. The third kappa shape index (κ3) is 2.29. The molecule has 1 aromatic rings. The van der Waals surface area contributed by atoms with Gasteiger partial charge in [-0.2, -0.15) is 0 Å². The number of hydrogen-bond acceptors (Lipinski definition) is 2. The van der Waals surface area contributed by atoms with E-state index in [1.54, 1.807) is 0 Å². The number of ether oxygens (including phenoxy) is 1. The van der Waals surface area contributed by atoms with Crippen LogP contribution in [0, 0.1) is 11.6 Å². The predicted octanol–water partition coefficient (Wildman–Crippen LogP) is 2.08. The Morgan fingerprint density at radius 1 is 1.38 bits per heavy atom. The van der Waals surface area contributed by atoms with E-state index in [1.165, 1.54) is 0 Å². The molecule has 0 atom stereocenters. The Hall–Kier alpha value is -1.36. The molecule has 70 valence electrons. The maximum Gasteiger partial charge on any atom is 0.410 e. The second-order valence-electron chi connectivity index (χ2n) is 2.12. The zero-order chi connectivity index (χ0) is 10.0. The summed E-state index contributed by atoms with van der Waals surface area (Å²) in [6, 6.07) is 1.33. The largest absolute Gasteiger partial charge is 0.410 e. The molecule has 0 saturated carbocycles. The maximum absolute atomic E-state index is 12.8. The van der Waals surface area contributed by atoms with E-state index < -0.39 is 23.5 Å². The Balaban J connectivity index is 3.08. The summed E-state index contributed by atoms with van der Waals surface area (Å²) >= 11 is 5.30. The molecule has 2 N–H and O–H groups in total. The van der Waals surface area contributed by atoms with Gasteiger partial charge in [0.25, 0.3) is 0 Å². The van der Waals surface area contributed by atoms with Gasteiger partial charge in [0.2, 0.25) is 0 Å². The number of hydrogen-bond donors (Lipinski definition) is 1. The van der Waals surface area contributed by atoms with E-state index in [-0.39, 0.29) is 5.02 Å². The normalized spacial score (nSPS) is 9.77. The molecular formula is C7H4ClF2NO2. The third-order valence-electron chi connectivity index (χ3n) is 1.19. The molecule has 1 amide bonds.